The molecule has 3 heterocycles. The fourth-order valence-electron chi connectivity index (χ4n) is 4.38. The maximum atomic E-state index is 13.1. The first kappa shape index (κ1) is 19.4. The molecule has 4 rings (SSSR count). The molecule has 0 spiro atoms. The van der Waals surface area contributed by atoms with E-state index in [1.54, 1.807) is 0 Å². The lowest BCUT2D eigenvalue weighted by atomic mass is 9.92. The van der Waals surface area contributed by atoms with Crippen LogP contribution in [0.3, 0.4) is 0 Å². The van der Waals surface area contributed by atoms with Crippen LogP contribution in [0.4, 0.5) is 5.69 Å². The Kier molecular flexibility index (Phi) is 5.26. The number of anilines is 1. The number of nitrogens with zero attached hydrogens (tertiary/aromatic N) is 4. The van der Waals surface area contributed by atoms with E-state index in [0.717, 1.165) is 53.1 Å². The van der Waals surface area contributed by atoms with Crippen LogP contribution >= 0.6 is 0 Å². The number of para-hydroxylation sites is 1. The molecular weight excluding hydrogens is 362 g/mol. The summed E-state index contributed by atoms with van der Waals surface area (Å²) in [5, 5.41) is 5.55. The summed E-state index contributed by atoms with van der Waals surface area (Å²) in [5.41, 5.74) is 11.0. The molecule has 1 aromatic carbocycles. The molecule has 0 bridgehead atoms. The Balaban J connectivity index is 1.50. The minimum Gasteiger partial charge on any atom is -0.397 e. The molecule has 2 atom stereocenters. The van der Waals surface area contributed by atoms with Crippen molar-refractivity contribution in [1.82, 2.24) is 19.7 Å². The normalized spacial score (nSPS) is 18.2. The molecule has 0 radical (unpaired) electrons. The molecule has 0 unspecified atom stereocenters. The van der Waals surface area contributed by atoms with Crippen molar-refractivity contribution < 1.29 is 4.79 Å². The third kappa shape index (κ3) is 3.97. The van der Waals surface area contributed by atoms with Crippen LogP contribution in [0.2, 0.25) is 0 Å². The first-order valence-electron chi connectivity index (χ1n) is 10.4. The van der Waals surface area contributed by atoms with Crippen molar-refractivity contribution in [2.75, 3.05) is 18.8 Å². The number of piperidine rings is 1. The van der Waals surface area contributed by atoms with Gasteiger partial charge in [-0.1, -0.05) is 25.1 Å². The van der Waals surface area contributed by atoms with Gasteiger partial charge in [-0.3, -0.25) is 14.5 Å². The van der Waals surface area contributed by atoms with E-state index in [2.05, 4.69) is 5.10 Å². The average Bonchev–Trinajstić information content (AvgIpc) is 3.03. The van der Waals surface area contributed by atoms with Crippen molar-refractivity contribution in [1.29, 1.82) is 0 Å². The number of benzene rings is 1. The predicted molar refractivity (Wildman–Crippen MR) is 116 cm³/mol. The summed E-state index contributed by atoms with van der Waals surface area (Å²) in [4.78, 5) is 20.0. The quantitative estimate of drug-likeness (QED) is 0.736. The molecule has 1 amide bonds. The molecule has 2 aromatic heterocycles. The minimum atomic E-state index is -0.117. The molecule has 1 fully saturated rings. The number of amides is 1. The van der Waals surface area contributed by atoms with Crippen molar-refractivity contribution in [3.63, 3.8) is 0 Å². The molecule has 152 valence electrons. The van der Waals surface area contributed by atoms with Gasteiger partial charge in [-0.05, 0) is 44.9 Å². The molecule has 2 N–H and O–H groups in total. The zero-order valence-corrected chi connectivity index (χ0v) is 17.4. The lowest BCUT2D eigenvalue weighted by Crippen LogP contribution is -2.43. The predicted octanol–water partition coefficient (Wildman–Crippen LogP) is 3.67. The van der Waals surface area contributed by atoms with E-state index < -0.39 is 0 Å². The molecule has 1 aliphatic heterocycles. The Morgan fingerprint density at radius 3 is 2.83 bits per heavy atom. The number of rotatable bonds is 4. The molecule has 6 heteroatoms. The highest BCUT2D eigenvalue weighted by molar-refractivity contribution is 5.82. The largest absolute Gasteiger partial charge is 0.397 e. The first-order valence-corrected chi connectivity index (χ1v) is 10.4. The number of nitrogens with two attached hydrogens (primary N) is 1. The number of hydrogen-bond donors (Lipinski definition) is 1. The fraction of sp³-hybridized carbons (Fsp3) is 0.435. The van der Waals surface area contributed by atoms with E-state index in [1.165, 1.54) is 0 Å². The summed E-state index contributed by atoms with van der Waals surface area (Å²) in [6, 6.07) is 12.1. The third-order valence-corrected chi connectivity index (χ3v) is 5.88. The standard InChI is InChI=1S/C23H29N5O/c1-15(13-28-17(3)11-16(2)26-28)23(29)27-10-6-8-19(14-27)22-20(24)12-18-7-4-5-9-21(18)25-22/h4-5,7,9,11-12,15,19H,6,8,10,13-14,24H2,1-3H3/t15-,19-/m1/s1. The molecule has 29 heavy (non-hydrogen) atoms. The van der Waals surface area contributed by atoms with Crippen molar-refractivity contribution in [2.45, 2.75) is 46.1 Å². The number of likely N-dealkylation sites (tertiary alicyclic amines) is 1. The zero-order chi connectivity index (χ0) is 20.5. The Bertz CT molecular complexity index is 1040. The number of carbonyl (C=O) groups is 1. The summed E-state index contributed by atoms with van der Waals surface area (Å²) in [6.07, 6.45) is 1.97. The topological polar surface area (TPSA) is 77.0 Å². The van der Waals surface area contributed by atoms with Gasteiger partial charge in [-0.2, -0.15) is 5.10 Å². The van der Waals surface area contributed by atoms with Crippen molar-refractivity contribution in [3.8, 4) is 0 Å². The van der Waals surface area contributed by atoms with E-state index in [1.807, 2.05) is 66.8 Å². The van der Waals surface area contributed by atoms with Crippen molar-refractivity contribution >= 4 is 22.5 Å². The summed E-state index contributed by atoms with van der Waals surface area (Å²) >= 11 is 0. The lowest BCUT2D eigenvalue weighted by Gasteiger charge is -2.34. The number of carbonyl (C=O) groups excluding carboxylic acids is 1. The second-order valence-electron chi connectivity index (χ2n) is 8.29. The van der Waals surface area contributed by atoms with Gasteiger partial charge in [0, 0.05) is 30.1 Å². The smallest absolute Gasteiger partial charge is 0.227 e. The number of aromatic nitrogens is 3. The molecule has 1 saturated heterocycles. The number of aryl methyl sites for hydroxylation is 2. The highest BCUT2D eigenvalue weighted by atomic mass is 16.2. The second-order valence-corrected chi connectivity index (χ2v) is 8.29. The first-order chi connectivity index (χ1) is 13.9. The van der Waals surface area contributed by atoms with Crippen LogP contribution in [0.15, 0.2) is 36.4 Å². The monoisotopic (exact) mass is 391 g/mol. The minimum absolute atomic E-state index is 0.117. The molecular formula is C23H29N5O. The van der Waals surface area contributed by atoms with Crippen LogP contribution in [0.25, 0.3) is 10.9 Å². The van der Waals surface area contributed by atoms with E-state index in [4.69, 9.17) is 10.7 Å². The van der Waals surface area contributed by atoms with E-state index >= 15 is 0 Å². The summed E-state index contributed by atoms with van der Waals surface area (Å²) in [5.74, 6) is 0.244. The van der Waals surface area contributed by atoms with Crippen molar-refractivity contribution in [2.24, 2.45) is 5.92 Å². The summed E-state index contributed by atoms with van der Waals surface area (Å²) < 4.78 is 1.93. The van der Waals surface area contributed by atoms with Crippen LogP contribution in [0.5, 0.6) is 0 Å². The maximum absolute atomic E-state index is 13.1. The molecule has 3 aromatic rings. The Hall–Kier alpha value is -2.89. The van der Waals surface area contributed by atoms with Gasteiger partial charge in [0.2, 0.25) is 5.91 Å². The SMILES string of the molecule is Cc1cc(C)n(C[C@@H](C)C(=O)N2CCC[C@@H](c3nc4ccccc4cc3N)C2)n1. The lowest BCUT2D eigenvalue weighted by molar-refractivity contribution is -0.136. The van der Waals surface area contributed by atoms with Gasteiger partial charge >= 0.3 is 0 Å². The van der Waals surface area contributed by atoms with Crippen LogP contribution in [-0.2, 0) is 11.3 Å². The van der Waals surface area contributed by atoms with Crippen LogP contribution < -0.4 is 5.73 Å². The Morgan fingerprint density at radius 1 is 1.28 bits per heavy atom. The zero-order valence-electron chi connectivity index (χ0n) is 17.4. The molecule has 1 aliphatic rings. The van der Waals surface area contributed by atoms with Gasteiger partial charge < -0.3 is 10.6 Å². The molecule has 6 nitrogen and oxygen atoms in total. The number of pyridine rings is 1. The average molecular weight is 392 g/mol. The van der Waals surface area contributed by atoms with Gasteiger partial charge in [0.25, 0.3) is 0 Å². The third-order valence-electron chi connectivity index (χ3n) is 5.88. The maximum Gasteiger partial charge on any atom is 0.227 e. The molecule has 0 aliphatic carbocycles. The summed E-state index contributed by atoms with van der Waals surface area (Å²) in [7, 11) is 0. The van der Waals surface area contributed by atoms with Crippen LogP contribution in [0.1, 0.15) is 42.8 Å². The number of hydrogen-bond acceptors (Lipinski definition) is 4. The Morgan fingerprint density at radius 2 is 2.07 bits per heavy atom. The van der Waals surface area contributed by atoms with Crippen molar-refractivity contribution in [3.05, 3.63) is 53.5 Å². The fourth-order valence-corrected chi connectivity index (χ4v) is 4.38. The summed E-state index contributed by atoms with van der Waals surface area (Å²) in [6.45, 7) is 8.08. The van der Waals surface area contributed by atoms with Crippen LogP contribution in [0, 0.1) is 19.8 Å². The van der Waals surface area contributed by atoms with Gasteiger partial charge in [-0.25, -0.2) is 0 Å². The van der Waals surface area contributed by atoms with E-state index in [9.17, 15) is 4.79 Å². The van der Waals surface area contributed by atoms with E-state index in [0.29, 0.717) is 13.1 Å². The van der Waals surface area contributed by atoms with Gasteiger partial charge in [0.05, 0.1) is 35.1 Å². The second kappa shape index (κ2) is 7.85. The van der Waals surface area contributed by atoms with Gasteiger partial charge in [-0.15, -0.1) is 0 Å². The van der Waals surface area contributed by atoms with E-state index in [-0.39, 0.29) is 17.7 Å². The molecule has 0 saturated carbocycles. The highest BCUT2D eigenvalue weighted by Crippen LogP contribution is 2.32. The highest BCUT2D eigenvalue weighted by Gasteiger charge is 2.29. The Labute approximate surface area is 171 Å². The van der Waals surface area contributed by atoms with Gasteiger partial charge in [0.15, 0.2) is 0 Å². The number of nitrogen functional groups attached to an aromatic ring is 1. The van der Waals surface area contributed by atoms with Gasteiger partial charge in [0.1, 0.15) is 0 Å². The number of fused-ring (bicyclic) bond motifs is 1. The van der Waals surface area contributed by atoms with Crippen LogP contribution in [-0.4, -0.2) is 38.7 Å².